The van der Waals surface area contributed by atoms with Crippen LogP contribution in [0.4, 0.5) is 0 Å². The van der Waals surface area contributed by atoms with Crippen LogP contribution in [0.2, 0.25) is 5.02 Å². The van der Waals surface area contributed by atoms with Crippen molar-refractivity contribution in [3.8, 4) is 0 Å². The van der Waals surface area contributed by atoms with Crippen molar-refractivity contribution in [3.05, 3.63) is 34.9 Å². The van der Waals surface area contributed by atoms with Crippen LogP contribution in [0.25, 0.3) is 0 Å². The van der Waals surface area contributed by atoms with Gasteiger partial charge >= 0.3 is 0 Å². The monoisotopic (exact) mass is 314 g/mol. The van der Waals surface area contributed by atoms with E-state index in [1.807, 2.05) is 31.2 Å². The Morgan fingerprint density at radius 1 is 1.50 bits per heavy atom. The van der Waals surface area contributed by atoms with Gasteiger partial charge in [0.15, 0.2) is 0 Å². The minimum Gasteiger partial charge on any atom is -0.375 e. The third-order valence-electron chi connectivity index (χ3n) is 3.31. The topological polar surface area (TPSA) is 50.4 Å². The van der Waals surface area contributed by atoms with E-state index in [-0.39, 0.29) is 24.1 Å². The summed E-state index contributed by atoms with van der Waals surface area (Å²) in [5, 5.41) is 6.86. The van der Waals surface area contributed by atoms with E-state index in [1.54, 1.807) is 18.9 Å². The van der Waals surface area contributed by atoms with E-state index in [0.29, 0.717) is 5.02 Å². The summed E-state index contributed by atoms with van der Waals surface area (Å²) in [5.41, 5.74) is 0.999. The lowest BCUT2D eigenvalue weighted by molar-refractivity contribution is -0.124. The van der Waals surface area contributed by atoms with Crippen LogP contribution < -0.4 is 10.6 Å². The van der Waals surface area contributed by atoms with E-state index in [2.05, 4.69) is 10.6 Å². The lowest BCUT2D eigenvalue weighted by Crippen LogP contribution is -2.47. The third kappa shape index (κ3) is 3.88. The first-order chi connectivity index (χ1) is 9.61. The smallest absolute Gasteiger partial charge is 0.238 e. The Labute approximate surface area is 128 Å². The molecule has 1 aromatic rings. The number of hydrogen-bond donors (Lipinski definition) is 2. The molecule has 3 atom stereocenters. The van der Waals surface area contributed by atoms with Crippen LogP contribution in [0.3, 0.4) is 0 Å². The molecule has 1 aliphatic rings. The number of ether oxygens (including phenoxy) is 1. The fraction of sp³-hybridized carbons (Fsp3) is 0.500. The number of halogens is 1. The van der Waals surface area contributed by atoms with Gasteiger partial charge in [-0.15, -0.1) is 11.8 Å². The van der Waals surface area contributed by atoms with Gasteiger partial charge in [-0.05, 0) is 24.6 Å². The van der Waals surface area contributed by atoms with Crippen LogP contribution in [0, 0.1) is 0 Å². The van der Waals surface area contributed by atoms with Crippen molar-refractivity contribution in [2.45, 2.75) is 25.1 Å². The van der Waals surface area contributed by atoms with Gasteiger partial charge in [-0.25, -0.2) is 0 Å². The van der Waals surface area contributed by atoms with Crippen molar-refractivity contribution in [3.63, 3.8) is 0 Å². The second-order valence-corrected chi connectivity index (χ2v) is 6.24. The predicted molar refractivity (Wildman–Crippen MR) is 83.1 cm³/mol. The molecule has 2 N–H and O–H groups in total. The maximum Gasteiger partial charge on any atom is 0.238 e. The zero-order chi connectivity index (χ0) is 14.5. The fourth-order valence-electron chi connectivity index (χ4n) is 2.25. The molecule has 1 fully saturated rings. The van der Waals surface area contributed by atoms with E-state index < -0.39 is 0 Å². The summed E-state index contributed by atoms with van der Waals surface area (Å²) in [5.74, 6) is 1.67. The number of carbonyl (C=O) groups is 1. The zero-order valence-electron chi connectivity index (χ0n) is 11.6. The summed E-state index contributed by atoms with van der Waals surface area (Å²) in [6.07, 6.45) is -0.190. The molecule has 1 amide bonds. The molecule has 1 saturated heterocycles. The van der Waals surface area contributed by atoms with Crippen molar-refractivity contribution in [1.82, 2.24) is 10.6 Å². The molecule has 6 heteroatoms. The Balaban J connectivity index is 1.99. The SMILES string of the molecule is CO[C@H](c1ccc(Cl)cc1)[C@H](C)NC(=O)[C@@H]1CSCN1. The van der Waals surface area contributed by atoms with E-state index in [4.69, 9.17) is 16.3 Å². The Morgan fingerprint density at radius 2 is 2.20 bits per heavy atom. The number of benzene rings is 1. The minimum atomic E-state index is -0.190. The molecule has 0 aliphatic carbocycles. The van der Waals surface area contributed by atoms with Gasteiger partial charge in [0, 0.05) is 23.8 Å². The summed E-state index contributed by atoms with van der Waals surface area (Å²) in [4.78, 5) is 12.1. The van der Waals surface area contributed by atoms with Crippen molar-refractivity contribution in [2.24, 2.45) is 0 Å². The van der Waals surface area contributed by atoms with Gasteiger partial charge in [0.25, 0.3) is 0 Å². The van der Waals surface area contributed by atoms with Crippen LogP contribution in [0.1, 0.15) is 18.6 Å². The lowest BCUT2D eigenvalue weighted by atomic mass is 10.0. The number of nitrogens with one attached hydrogen (secondary N) is 2. The van der Waals surface area contributed by atoms with Crippen LogP contribution in [0.5, 0.6) is 0 Å². The molecule has 0 saturated carbocycles. The van der Waals surface area contributed by atoms with E-state index in [1.165, 1.54) is 0 Å². The maximum atomic E-state index is 12.1. The number of carbonyl (C=O) groups excluding carboxylic acids is 1. The fourth-order valence-corrected chi connectivity index (χ4v) is 3.31. The summed E-state index contributed by atoms with van der Waals surface area (Å²) >= 11 is 7.62. The summed E-state index contributed by atoms with van der Waals surface area (Å²) in [6.45, 7) is 1.95. The second-order valence-electron chi connectivity index (χ2n) is 4.78. The molecule has 0 spiro atoms. The highest BCUT2D eigenvalue weighted by molar-refractivity contribution is 7.99. The minimum absolute atomic E-state index is 0.0264. The quantitative estimate of drug-likeness (QED) is 0.875. The van der Waals surface area contributed by atoms with Crippen molar-refractivity contribution >= 4 is 29.3 Å². The highest BCUT2D eigenvalue weighted by Crippen LogP contribution is 2.22. The van der Waals surface area contributed by atoms with Crippen LogP contribution >= 0.6 is 23.4 Å². The average molecular weight is 315 g/mol. The third-order valence-corrected chi connectivity index (χ3v) is 4.50. The van der Waals surface area contributed by atoms with Crippen LogP contribution in [0.15, 0.2) is 24.3 Å². The lowest BCUT2D eigenvalue weighted by Gasteiger charge is -2.25. The largest absolute Gasteiger partial charge is 0.375 e. The van der Waals surface area contributed by atoms with Crippen molar-refractivity contribution in [1.29, 1.82) is 0 Å². The van der Waals surface area contributed by atoms with E-state index in [9.17, 15) is 4.79 Å². The van der Waals surface area contributed by atoms with E-state index >= 15 is 0 Å². The molecule has 1 aliphatic heterocycles. The molecule has 110 valence electrons. The first kappa shape index (κ1) is 15.6. The maximum absolute atomic E-state index is 12.1. The van der Waals surface area contributed by atoms with Gasteiger partial charge in [-0.1, -0.05) is 23.7 Å². The summed E-state index contributed by atoms with van der Waals surface area (Å²) in [7, 11) is 1.64. The molecule has 0 unspecified atom stereocenters. The second kappa shape index (κ2) is 7.31. The molecule has 1 aromatic carbocycles. The molecular weight excluding hydrogens is 296 g/mol. The average Bonchev–Trinajstić information content (AvgIpc) is 2.96. The Hall–Kier alpha value is -0.750. The van der Waals surface area contributed by atoms with Gasteiger partial charge in [0.2, 0.25) is 5.91 Å². The van der Waals surface area contributed by atoms with Gasteiger partial charge < -0.3 is 10.1 Å². The first-order valence-corrected chi connectivity index (χ1v) is 8.05. The zero-order valence-corrected chi connectivity index (χ0v) is 13.1. The Morgan fingerprint density at radius 3 is 2.75 bits per heavy atom. The highest BCUT2D eigenvalue weighted by atomic mass is 35.5. The molecule has 4 nitrogen and oxygen atoms in total. The molecule has 0 bridgehead atoms. The van der Waals surface area contributed by atoms with Gasteiger partial charge in [0.05, 0.1) is 12.1 Å². The van der Waals surface area contributed by atoms with E-state index in [0.717, 1.165) is 17.2 Å². The number of methoxy groups -OCH3 is 1. The number of rotatable bonds is 5. The molecule has 20 heavy (non-hydrogen) atoms. The van der Waals surface area contributed by atoms with Crippen LogP contribution in [-0.2, 0) is 9.53 Å². The number of hydrogen-bond acceptors (Lipinski definition) is 4. The highest BCUT2D eigenvalue weighted by Gasteiger charge is 2.26. The van der Waals surface area contributed by atoms with Crippen molar-refractivity contribution in [2.75, 3.05) is 18.7 Å². The normalized spacial score (nSPS) is 21.4. The molecule has 1 heterocycles. The molecule has 0 radical (unpaired) electrons. The van der Waals surface area contributed by atoms with Crippen molar-refractivity contribution < 1.29 is 9.53 Å². The molecule has 0 aromatic heterocycles. The standard InChI is InChI=1S/C14H19ClN2O2S/c1-9(17-14(18)12-7-20-8-16-12)13(19-2)10-3-5-11(15)6-4-10/h3-6,9,12-13,16H,7-8H2,1-2H3,(H,17,18)/t9-,12-,13-/m0/s1. The van der Waals surface area contributed by atoms with Gasteiger partial charge in [0.1, 0.15) is 6.10 Å². The first-order valence-electron chi connectivity index (χ1n) is 6.51. The summed E-state index contributed by atoms with van der Waals surface area (Å²) < 4.78 is 5.52. The number of amides is 1. The molecular formula is C14H19ClN2O2S. The molecule has 2 rings (SSSR count). The van der Waals surface area contributed by atoms with Gasteiger partial charge in [-0.3, -0.25) is 10.1 Å². The predicted octanol–water partition coefficient (Wildman–Crippen LogP) is 2.19. The number of thioether (sulfide) groups is 1. The summed E-state index contributed by atoms with van der Waals surface area (Å²) in [6, 6.07) is 7.27. The Bertz CT molecular complexity index is 449. The van der Waals surface area contributed by atoms with Gasteiger partial charge in [-0.2, -0.15) is 0 Å². The van der Waals surface area contributed by atoms with Crippen LogP contribution in [-0.4, -0.2) is 36.7 Å². The Kier molecular flexibility index (Phi) is 5.72.